The van der Waals surface area contributed by atoms with Gasteiger partial charge in [-0.3, -0.25) is 4.79 Å². The number of rotatable bonds is 5. The molecule has 0 spiro atoms. The van der Waals surface area contributed by atoms with E-state index in [0.29, 0.717) is 12.3 Å². The highest BCUT2D eigenvalue weighted by Crippen LogP contribution is 2.28. The van der Waals surface area contributed by atoms with Gasteiger partial charge in [-0.1, -0.05) is 50.1 Å². The standard InChI is InChI=1S/C18H19NO2/c1-2-3-6-11-19-18(20)17-12-15-14-8-5-4-7-13(14)9-10-16(15)21-17/h4-5,7-10,12H,2-3,6,11H2,1H3,(H,19,20). The minimum atomic E-state index is -0.133. The van der Waals surface area contributed by atoms with Crippen molar-refractivity contribution in [2.24, 2.45) is 0 Å². The summed E-state index contributed by atoms with van der Waals surface area (Å²) in [5.41, 5.74) is 0.757. The summed E-state index contributed by atoms with van der Waals surface area (Å²) in [4.78, 5) is 12.1. The van der Waals surface area contributed by atoms with Crippen molar-refractivity contribution < 1.29 is 9.21 Å². The van der Waals surface area contributed by atoms with E-state index in [-0.39, 0.29) is 5.91 Å². The number of hydrogen-bond acceptors (Lipinski definition) is 2. The lowest BCUT2D eigenvalue weighted by Crippen LogP contribution is -2.23. The quantitative estimate of drug-likeness (QED) is 0.699. The van der Waals surface area contributed by atoms with Gasteiger partial charge in [0.25, 0.3) is 5.91 Å². The minimum Gasteiger partial charge on any atom is -0.451 e. The Labute approximate surface area is 123 Å². The number of hydrogen-bond donors (Lipinski definition) is 1. The molecule has 1 amide bonds. The van der Waals surface area contributed by atoms with E-state index in [1.807, 2.05) is 30.3 Å². The molecule has 3 nitrogen and oxygen atoms in total. The lowest BCUT2D eigenvalue weighted by Gasteiger charge is -2.01. The maximum absolute atomic E-state index is 12.1. The molecular formula is C18H19NO2. The first kappa shape index (κ1) is 13.7. The van der Waals surface area contributed by atoms with Gasteiger partial charge in [-0.05, 0) is 29.3 Å². The monoisotopic (exact) mass is 281 g/mol. The minimum absolute atomic E-state index is 0.133. The molecule has 1 heterocycles. The van der Waals surface area contributed by atoms with Crippen molar-refractivity contribution in [2.45, 2.75) is 26.2 Å². The van der Waals surface area contributed by atoms with Crippen molar-refractivity contribution in [3.63, 3.8) is 0 Å². The second-order valence-electron chi connectivity index (χ2n) is 5.27. The Hall–Kier alpha value is -2.29. The average Bonchev–Trinajstić information content (AvgIpc) is 2.96. The van der Waals surface area contributed by atoms with Gasteiger partial charge >= 0.3 is 0 Å². The number of unbranched alkanes of at least 4 members (excludes halogenated alkanes) is 2. The molecule has 0 aliphatic heterocycles. The number of carbonyl (C=O) groups excluding carboxylic acids is 1. The van der Waals surface area contributed by atoms with Crippen molar-refractivity contribution in [2.75, 3.05) is 6.54 Å². The Morgan fingerprint density at radius 1 is 1.10 bits per heavy atom. The predicted octanol–water partition coefficient (Wildman–Crippen LogP) is 4.51. The second-order valence-corrected chi connectivity index (χ2v) is 5.27. The van der Waals surface area contributed by atoms with Crippen molar-refractivity contribution in [3.05, 3.63) is 48.2 Å². The third-order valence-corrected chi connectivity index (χ3v) is 3.72. The molecule has 0 saturated carbocycles. The fraction of sp³-hybridized carbons (Fsp3) is 0.278. The van der Waals surface area contributed by atoms with Gasteiger partial charge in [0.2, 0.25) is 0 Å². The first-order valence-electron chi connectivity index (χ1n) is 7.49. The van der Waals surface area contributed by atoms with Crippen LogP contribution < -0.4 is 5.32 Å². The average molecular weight is 281 g/mol. The fourth-order valence-electron chi connectivity index (χ4n) is 2.57. The third kappa shape index (κ3) is 2.77. The van der Waals surface area contributed by atoms with Gasteiger partial charge in [0.15, 0.2) is 5.76 Å². The van der Waals surface area contributed by atoms with Crippen molar-refractivity contribution >= 4 is 27.6 Å². The van der Waals surface area contributed by atoms with Crippen LogP contribution in [0.4, 0.5) is 0 Å². The van der Waals surface area contributed by atoms with E-state index in [1.54, 1.807) is 0 Å². The molecule has 21 heavy (non-hydrogen) atoms. The maximum atomic E-state index is 12.1. The molecule has 108 valence electrons. The van der Waals surface area contributed by atoms with E-state index in [1.165, 1.54) is 0 Å². The summed E-state index contributed by atoms with van der Waals surface area (Å²) in [6.07, 6.45) is 3.28. The SMILES string of the molecule is CCCCCNC(=O)c1cc2c(ccc3ccccc32)o1. The highest BCUT2D eigenvalue weighted by molar-refractivity contribution is 6.08. The predicted molar refractivity (Wildman–Crippen MR) is 85.6 cm³/mol. The smallest absolute Gasteiger partial charge is 0.287 e. The Morgan fingerprint density at radius 2 is 1.95 bits per heavy atom. The van der Waals surface area contributed by atoms with Gasteiger partial charge < -0.3 is 9.73 Å². The zero-order chi connectivity index (χ0) is 14.7. The normalized spacial score (nSPS) is 11.1. The van der Waals surface area contributed by atoms with E-state index < -0.39 is 0 Å². The summed E-state index contributed by atoms with van der Waals surface area (Å²) in [7, 11) is 0. The number of amides is 1. The van der Waals surface area contributed by atoms with Gasteiger partial charge in [0.05, 0.1) is 0 Å². The molecule has 2 aromatic carbocycles. The molecule has 0 saturated heterocycles. The van der Waals surface area contributed by atoms with Crippen LogP contribution in [0.15, 0.2) is 46.9 Å². The summed E-state index contributed by atoms with van der Waals surface area (Å²) in [5, 5.41) is 6.17. The van der Waals surface area contributed by atoms with E-state index in [2.05, 4.69) is 24.4 Å². The summed E-state index contributed by atoms with van der Waals surface area (Å²) in [6, 6.07) is 13.9. The van der Waals surface area contributed by atoms with Gasteiger partial charge in [-0.2, -0.15) is 0 Å². The van der Waals surface area contributed by atoms with Crippen LogP contribution >= 0.6 is 0 Å². The van der Waals surface area contributed by atoms with Crippen molar-refractivity contribution in [1.82, 2.24) is 5.32 Å². The molecule has 0 unspecified atom stereocenters. The summed E-state index contributed by atoms with van der Waals surface area (Å²) in [5.74, 6) is 0.254. The van der Waals surface area contributed by atoms with Crippen LogP contribution in [-0.4, -0.2) is 12.5 Å². The Balaban J connectivity index is 1.87. The Kier molecular flexibility index (Phi) is 3.91. The number of carbonyl (C=O) groups is 1. The van der Waals surface area contributed by atoms with Gasteiger partial charge in [0, 0.05) is 11.9 Å². The molecule has 0 radical (unpaired) electrons. The van der Waals surface area contributed by atoms with Gasteiger partial charge in [-0.15, -0.1) is 0 Å². The van der Waals surface area contributed by atoms with Crippen LogP contribution in [0.3, 0.4) is 0 Å². The molecule has 0 fully saturated rings. The molecule has 3 aromatic rings. The Bertz CT molecular complexity index is 773. The molecule has 3 rings (SSSR count). The second kappa shape index (κ2) is 6.00. The third-order valence-electron chi connectivity index (χ3n) is 3.72. The first-order valence-corrected chi connectivity index (χ1v) is 7.49. The highest BCUT2D eigenvalue weighted by Gasteiger charge is 2.13. The van der Waals surface area contributed by atoms with Crippen LogP contribution in [0.1, 0.15) is 36.7 Å². The zero-order valence-electron chi connectivity index (χ0n) is 12.2. The highest BCUT2D eigenvalue weighted by atomic mass is 16.3. The molecule has 1 N–H and O–H groups in total. The van der Waals surface area contributed by atoms with Crippen LogP contribution in [0.2, 0.25) is 0 Å². The van der Waals surface area contributed by atoms with E-state index in [4.69, 9.17) is 4.42 Å². The zero-order valence-corrected chi connectivity index (χ0v) is 12.2. The summed E-state index contributed by atoms with van der Waals surface area (Å²) in [6.45, 7) is 2.84. The molecule has 0 atom stereocenters. The first-order chi connectivity index (χ1) is 10.3. The van der Waals surface area contributed by atoms with E-state index in [0.717, 1.165) is 41.0 Å². The topological polar surface area (TPSA) is 42.2 Å². The molecule has 1 aromatic heterocycles. The van der Waals surface area contributed by atoms with Crippen molar-refractivity contribution in [1.29, 1.82) is 0 Å². The van der Waals surface area contributed by atoms with E-state index >= 15 is 0 Å². The lowest BCUT2D eigenvalue weighted by molar-refractivity contribution is 0.0927. The Morgan fingerprint density at radius 3 is 2.81 bits per heavy atom. The number of furan rings is 1. The summed E-state index contributed by atoms with van der Waals surface area (Å²) < 4.78 is 5.68. The number of benzene rings is 2. The van der Waals surface area contributed by atoms with Crippen LogP contribution in [0, 0.1) is 0 Å². The number of nitrogens with one attached hydrogen (secondary N) is 1. The van der Waals surface area contributed by atoms with Crippen LogP contribution in [0.5, 0.6) is 0 Å². The van der Waals surface area contributed by atoms with Crippen LogP contribution in [0.25, 0.3) is 21.7 Å². The van der Waals surface area contributed by atoms with Gasteiger partial charge in [-0.25, -0.2) is 0 Å². The number of fused-ring (bicyclic) bond motifs is 3. The molecule has 0 aliphatic carbocycles. The van der Waals surface area contributed by atoms with Crippen molar-refractivity contribution in [3.8, 4) is 0 Å². The van der Waals surface area contributed by atoms with E-state index in [9.17, 15) is 4.79 Å². The summed E-state index contributed by atoms with van der Waals surface area (Å²) >= 11 is 0. The molecule has 0 aliphatic rings. The largest absolute Gasteiger partial charge is 0.451 e. The maximum Gasteiger partial charge on any atom is 0.287 e. The molecule has 0 bridgehead atoms. The molecular weight excluding hydrogens is 262 g/mol. The van der Waals surface area contributed by atoms with Crippen LogP contribution in [-0.2, 0) is 0 Å². The lowest BCUT2D eigenvalue weighted by atomic mass is 10.1. The van der Waals surface area contributed by atoms with Gasteiger partial charge in [0.1, 0.15) is 5.58 Å². The fourth-order valence-corrected chi connectivity index (χ4v) is 2.57. The molecule has 3 heteroatoms.